The second-order valence-electron chi connectivity index (χ2n) is 6.63. The summed E-state index contributed by atoms with van der Waals surface area (Å²) < 4.78 is 7.06. The van der Waals surface area contributed by atoms with Crippen molar-refractivity contribution < 1.29 is 14.6 Å². The van der Waals surface area contributed by atoms with Crippen LogP contribution < -0.4 is 11.0 Å². The number of hydrogen-bond donors (Lipinski definition) is 3. The predicted octanol–water partition coefficient (Wildman–Crippen LogP) is 0.860. The van der Waals surface area contributed by atoms with Crippen LogP contribution in [0.3, 0.4) is 0 Å². The molecule has 0 aliphatic carbocycles. The number of ether oxygens (including phenoxy) is 1. The molecule has 0 saturated carbocycles. The van der Waals surface area contributed by atoms with Crippen LogP contribution in [0.25, 0.3) is 22.6 Å². The van der Waals surface area contributed by atoms with E-state index in [4.69, 9.17) is 9.84 Å². The van der Waals surface area contributed by atoms with Gasteiger partial charge in [0.05, 0.1) is 18.5 Å². The van der Waals surface area contributed by atoms with Gasteiger partial charge < -0.3 is 15.2 Å². The highest BCUT2D eigenvalue weighted by Gasteiger charge is 2.22. The maximum Gasteiger partial charge on any atom is 0.329 e. The molecule has 0 spiro atoms. The fraction of sp³-hybridized carbons (Fsp3) is 0.368. The first-order chi connectivity index (χ1) is 13.7. The lowest BCUT2D eigenvalue weighted by molar-refractivity contribution is 0.0697. The van der Waals surface area contributed by atoms with E-state index in [-0.39, 0.29) is 30.8 Å². The van der Waals surface area contributed by atoms with Crippen LogP contribution in [-0.2, 0) is 4.74 Å². The van der Waals surface area contributed by atoms with E-state index < -0.39 is 0 Å². The molecule has 9 nitrogen and oxygen atoms in total. The van der Waals surface area contributed by atoms with Gasteiger partial charge in [-0.25, -0.2) is 14.8 Å². The fourth-order valence-electron chi connectivity index (χ4n) is 3.38. The van der Waals surface area contributed by atoms with E-state index in [1.165, 1.54) is 0 Å². The molecule has 146 valence electrons. The van der Waals surface area contributed by atoms with Gasteiger partial charge in [0.1, 0.15) is 0 Å². The first-order valence-electron chi connectivity index (χ1n) is 9.22. The number of aliphatic hydroxyl groups is 1. The molecule has 0 unspecified atom stereocenters. The Morgan fingerprint density at radius 1 is 1.29 bits per heavy atom. The molecule has 1 fully saturated rings. The van der Waals surface area contributed by atoms with Gasteiger partial charge in [-0.15, -0.1) is 0 Å². The Morgan fingerprint density at radius 2 is 2.04 bits per heavy atom. The number of carbonyl (C=O) groups excluding carboxylic acids is 1. The Labute approximate surface area is 160 Å². The normalized spacial score (nSPS) is 15.0. The summed E-state index contributed by atoms with van der Waals surface area (Å²) in [6.45, 7) is 1.35. The number of nitrogens with one attached hydrogen (secondary N) is 2. The van der Waals surface area contributed by atoms with Gasteiger partial charge >= 0.3 is 5.69 Å². The molecule has 1 aromatic carbocycles. The maximum atomic E-state index is 12.4. The standard InChI is InChI=1S/C19H21N5O4/c25-8-7-20-18(26)13-3-1-12(2-4-13)15-11-21-16-17(22-15)24(19(27)23-16)14-5-9-28-10-6-14/h1-4,11,14,25H,5-10H2,(H,20,26)(H,21,23,27). The number of carbonyl (C=O) groups is 1. The average molecular weight is 383 g/mol. The van der Waals surface area contributed by atoms with Crippen LogP contribution in [-0.4, -0.2) is 56.9 Å². The number of aromatic nitrogens is 4. The molecule has 1 aliphatic heterocycles. The average Bonchev–Trinajstić information content (AvgIpc) is 3.07. The molecule has 3 heterocycles. The van der Waals surface area contributed by atoms with E-state index in [0.29, 0.717) is 35.8 Å². The number of H-pyrrole nitrogens is 1. The highest BCUT2D eigenvalue weighted by Crippen LogP contribution is 2.24. The van der Waals surface area contributed by atoms with Gasteiger partial charge in [-0.1, -0.05) is 12.1 Å². The molecular weight excluding hydrogens is 362 g/mol. The summed E-state index contributed by atoms with van der Waals surface area (Å²) in [6, 6.07) is 6.99. The molecule has 0 bridgehead atoms. The van der Waals surface area contributed by atoms with Gasteiger partial charge in [-0.05, 0) is 25.0 Å². The van der Waals surface area contributed by atoms with Crippen molar-refractivity contribution in [2.75, 3.05) is 26.4 Å². The molecule has 3 aromatic rings. The molecule has 28 heavy (non-hydrogen) atoms. The molecule has 0 radical (unpaired) electrons. The van der Waals surface area contributed by atoms with Gasteiger partial charge in [0, 0.05) is 36.9 Å². The van der Waals surface area contributed by atoms with E-state index in [9.17, 15) is 9.59 Å². The molecule has 2 aromatic heterocycles. The van der Waals surface area contributed by atoms with E-state index in [1.807, 2.05) is 0 Å². The van der Waals surface area contributed by atoms with Crippen LogP contribution in [0.4, 0.5) is 0 Å². The number of aromatic amines is 1. The number of amides is 1. The second kappa shape index (κ2) is 7.91. The number of hydrogen-bond acceptors (Lipinski definition) is 6. The molecule has 0 atom stereocenters. The van der Waals surface area contributed by atoms with Gasteiger partial charge in [0.25, 0.3) is 5.91 Å². The summed E-state index contributed by atoms with van der Waals surface area (Å²) >= 11 is 0. The monoisotopic (exact) mass is 383 g/mol. The Kier molecular flexibility index (Phi) is 5.18. The third-order valence-corrected chi connectivity index (χ3v) is 4.82. The molecule has 3 N–H and O–H groups in total. The van der Waals surface area contributed by atoms with Crippen molar-refractivity contribution in [1.29, 1.82) is 0 Å². The minimum Gasteiger partial charge on any atom is -0.395 e. The van der Waals surface area contributed by atoms with Crippen LogP contribution in [0, 0.1) is 0 Å². The zero-order chi connectivity index (χ0) is 19.5. The van der Waals surface area contributed by atoms with Crippen molar-refractivity contribution in [3.8, 4) is 11.3 Å². The minimum atomic E-state index is -0.249. The summed E-state index contributed by atoms with van der Waals surface area (Å²) in [5.74, 6) is -0.249. The Bertz CT molecular complexity index is 1030. The van der Waals surface area contributed by atoms with Crippen LogP contribution in [0.15, 0.2) is 35.3 Å². The summed E-state index contributed by atoms with van der Waals surface area (Å²) in [5, 5.41) is 11.4. The first kappa shape index (κ1) is 18.3. The van der Waals surface area contributed by atoms with E-state index >= 15 is 0 Å². The van der Waals surface area contributed by atoms with Gasteiger partial charge in [0.2, 0.25) is 0 Å². The number of aliphatic hydroxyl groups excluding tert-OH is 1. The first-order valence-corrected chi connectivity index (χ1v) is 9.22. The third-order valence-electron chi connectivity index (χ3n) is 4.82. The minimum absolute atomic E-state index is 0.0390. The largest absolute Gasteiger partial charge is 0.395 e. The topological polar surface area (TPSA) is 122 Å². The van der Waals surface area contributed by atoms with Crippen molar-refractivity contribution in [2.24, 2.45) is 0 Å². The number of fused-ring (bicyclic) bond motifs is 1. The Balaban J connectivity index is 1.66. The van der Waals surface area contributed by atoms with E-state index in [0.717, 1.165) is 18.4 Å². The number of nitrogens with zero attached hydrogens (tertiary/aromatic N) is 3. The molecular formula is C19H21N5O4. The van der Waals surface area contributed by atoms with E-state index in [1.54, 1.807) is 35.0 Å². The Hall–Kier alpha value is -3.04. The SMILES string of the molecule is O=C(NCCO)c1ccc(-c2cnc3[nH]c(=O)n(C4CCOCC4)c3n2)cc1. The zero-order valence-electron chi connectivity index (χ0n) is 15.2. The second-order valence-corrected chi connectivity index (χ2v) is 6.63. The van der Waals surface area contributed by atoms with Crippen molar-refractivity contribution in [3.63, 3.8) is 0 Å². The molecule has 1 amide bonds. The number of rotatable bonds is 5. The zero-order valence-corrected chi connectivity index (χ0v) is 15.2. The lowest BCUT2D eigenvalue weighted by Gasteiger charge is -2.22. The number of benzene rings is 1. The van der Waals surface area contributed by atoms with Crippen molar-refractivity contribution in [3.05, 3.63) is 46.5 Å². The molecule has 9 heteroatoms. The highest BCUT2D eigenvalue weighted by atomic mass is 16.5. The van der Waals surface area contributed by atoms with Gasteiger partial charge in [0.15, 0.2) is 11.3 Å². The van der Waals surface area contributed by atoms with Crippen LogP contribution in [0.1, 0.15) is 29.2 Å². The smallest absolute Gasteiger partial charge is 0.329 e. The van der Waals surface area contributed by atoms with Gasteiger partial charge in [-0.3, -0.25) is 14.3 Å². The highest BCUT2D eigenvalue weighted by molar-refractivity contribution is 5.94. The Morgan fingerprint density at radius 3 is 2.75 bits per heavy atom. The molecule has 1 saturated heterocycles. The quantitative estimate of drug-likeness (QED) is 0.601. The van der Waals surface area contributed by atoms with Crippen molar-refractivity contribution in [2.45, 2.75) is 18.9 Å². The van der Waals surface area contributed by atoms with Crippen LogP contribution in [0.5, 0.6) is 0 Å². The summed E-state index contributed by atoms with van der Waals surface area (Å²) in [4.78, 5) is 36.1. The fourth-order valence-corrected chi connectivity index (χ4v) is 3.38. The van der Waals surface area contributed by atoms with Crippen molar-refractivity contribution >= 4 is 17.2 Å². The maximum absolute atomic E-state index is 12.4. The van der Waals surface area contributed by atoms with Crippen LogP contribution >= 0.6 is 0 Å². The van der Waals surface area contributed by atoms with E-state index in [2.05, 4.69) is 20.3 Å². The number of imidazole rings is 1. The third kappa shape index (κ3) is 3.54. The summed E-state index contributed by atoms with van der Waals surface area (Å²) in [6.07, 6.45) is 3.13. The summed E-state index contributed by atoms with van der Waals surface area (Å²) in [7, 11) is 0. The molecule has 4 rings (SSSR count). The lowest BCUT2D eigenvalue weighted by atomic mass is 10.1. The van der Waals surface area contributed by atoms with Crippen LogP contribution in [0.2, 0.25) is 0 Å². The van der Waals surface area contributed by atoms with Crippen molar-refractivity contribution in [1.82, 2.24) is 24.8 Å². The predicted molar refractivity (Wildman–Crippen MR) is 102 cm³/mol. The summed E-state index contributed by atoms with van der Waals surface area (Å²) in [5.41, 5.74) is 2.68. The van der Waals surface area contributed by atoms with Gasteiger partial charge in [-0.2, -0.15) is 0 Å². The molecule has 1 aliphatic rings. The lowest BCUT2D eigenvalue weighted by Crippen LogP contribution is -2.27.